The van der Waals surface area contributed by atoms with E-state index in [1.165, 1.54) is 0 Å². The van der Waals surface area contributed by atoms with E-state index in [1.54, 1.807) is 31.8 Å². The van der Waals surface area contributed by atoms with Crippen LogP contribution in [0, 0.1) is 11.3 Å². The van der Waals surface area contributed by atoms with Crippen molar-refractivity contribution in [3.63, 3.8) is 0 Å². The first-order valence-electron chi connectivity index (χ1n) is 5.22. The molecule has 1 rings (SSSR count). The summed E-state index contributed by atoms with van der Waals surface area (Å²) >= 11 is 0. The van der Waals surface area contributed by atoms with E-state index in [2.05, 4.69) is 16.4 Å². The van der Waals surface area contributed by atoms with E-state index in [0.29, 0.717) is 35.7 Å². The predicted octanol–water partition coefficient (Wildman–Crippen LogP) is 0.0678. The minimum atomic E-state index is 0.486. The first-order chi connectivity index (χ1) is 8.15. The minimum Gasteiger partial charge on any atom is -0.387 e. The fourth-order valence-corrected chi connectivity index (χ4v) is 1.46. The molecule has 0 amide bonds. The van der Waals surface area contributed by atoms with Crippen LogP contribution in [0.3, 0.4) is 0 Å². The molecule has 0 radical (unpaired) electrons. The number of ether oxygens (including phenoxy) is 1. The van der Waals surface area contributed by atoms with Gasteiger partial charge in [0, 0.05) is 27.3 Å². The van der Waals surface area contributed by atoms with Crippen molar-refractivity contribution < 1.29 is 4.74 Å². The van der Waals surface area contributed by atoms with Crippen molar-refractivity contribution in [3.05, 3.63) is 17.1 Å². The third kappa shape index (κ3) is 2.77. The predicted molar refractivity (Wildman–Crippen MR) is 66.4 cm³/mol. The molecule has 0 saturated carbocycles. The molecular weight excluding hydrogens is 218 g/mol. The fraction of sp³-hybridized carbons (Fsp3) is 0.455. The van der Waals surface area contributed by atoms with Gasteiger partial charge in [-0.15, -0.1) is 0 Å². The number of anilines is 2. The molecule has 0 aliphatic carbocycles. The van der Waals surface area contributed by atoms with Crippen molar-refractivity contribution in [3.8, 4) is 6.07 Å². The largest absolute Gasteiger partial charge is 0.387 e. The van der Waals surface area contributed by atoms with Gasteiger partial charge >= 0.3 is 0 Å². The number of nitrogens with one attached hydrogen (secondary N) is 1. The first kappa shape index (κ1) is 13.1. The number of rotatable bonds is 4. The molecule has 6 nitrogen and oxygen atoms in total. The quantitative estimate of drug-likeness (QED) is 0.723. The molecule has 0 aromatic carbocycles. The maximum absolute atomic E-state index is 9.17. The van der Waals surface area contributed by atoms with Crippen LogP contribution < -0.4 is 16.5 Å². The lowest BCUT2D eigenvalue weighted by molar-refractivity contribution is 0.207. The zero-order valence-electron chi connectivity index (χ0n) is 10.3. The van der Waals surface area contributed by atoms with Crippen LogP contribution in [0.4, 0.5) is 11.5 Å². The molecule has 1 heterocycles. The highest BCUT2D eigenvalue weighted by atomic mass is 16.5. The van der Waals surface area contributed by atoms with Crippen LogP contribution in [0.15, 0.2) is 11.1 Å². The van der Waals surface area contributed by atoms with E-state index >= 15 is 0 Å². The molecule has 3 N–H and O–H groups in total. The third-order valence-corrected chi connectivity index (χ3v) is 2.43. The number of nitrogens with two attached hydrogens (primary N) is 1. The molecule has 0 spiro atoms. The van der Waals surface area contributed by atoms with Crippen molar-refractivity contribution in [2.75, 3.05) is 38.4 Å². The molecule has 17 heavy (non-hydrogen) atoms. The standard InChI is InChI=1S/C11H17N5O/c1-14-9-6-10(13)16(2)11(8(9)7-12)15-4-5-17-3/h6,14H,4-5,13H2,1-3H3. The van der Waals surface area contributed by atoms with Gasteiger partial charge in [-0.25, -0.2) is 0 Å². The minimum absolute atomic E-state index is 0.486. The smallest absolute Gasteiger partial charge is 0.149 e. The zero-order valence-corrected chi connectivity index (χ0v) is 10.3. The Hall–Kier alpha value is -2.00. The maximum atomic E-state index is 9.17. The maximum Gasteiger partial charge on any atom is 0.149 e. The van der Waals surface area contributed by atoms with E-state index in [0.717, 1.165) is 0 Å². The molecule has 0 aliphatic rings. The third-order valence-electron chi connectivity index (χ3n) is 2.43. The summed E-state index contributed by atoms with van der Waals surface area (Å²) in [5.74, 6) is 0.546. The molecule has 1 aromatic rings. The Morgan fingerprint density at radius 1 is 1.65 bits per heavy atom. The Kier molecular flexibility index (Phi) is 4.55. The van der Waals surface area contributed by atoms with E-state index in [9.17, 15) is 0 Å². The summed E-state index contributed by atoms with van der Waals surface area (Å²) in [5.41, 5.74) is 7.58. The van der Waals surface area contributed by atoms with Crippen molar-refractivity contribution >= 4 is 11.5 Å². The number of nitrogen functional groups attached to an aromatic ring is 1. The van der Waals surface area contributed by atoms with Crippen molar-refractivity contribution in [1.82, 2.24) is 4.57 Å². The second kappa shape index (κ2) is 5.92. The second-order valence-corrected chi connectivity index (χ2v) is 3.48. The molecular formula is C11H17N5O. The Balaban J connectivity index is 3.39. The highest BCUT2D eigenvalue weighted by molar-refractivity contribution is 5.60. The molecule has 0 unspecified atom stereocenters. The second-order valence-electron chi connectivity index (χ2n) is 3.48. The Bertz CT molecular complexity index is 498. The van der Waals surface area contributed by atoms with E-state index < -0.39 is 0 Å². The average molecular weight is 235 g/mol. The van der Waals surface area contributed by atoms with Gasteiger partial charge in [0.05, 0.1) is 18.8 Å². The molecule has 0 aliphatic heterocycles. The topological polar surface area (TPSA) is 88.4 Å². The summed E-state index contributed by atoms with van der Waals surface area (Å²) < 4.78 is 6.62. The molecule has 0 atom stereocenters. The van der Waals surface area contributed by atoms with Gasteiger partial charge in [0.15, 0.2) is 0 Å². The summed E-state index contributed by atoms with van der Waals surface area (Å²) in [6, 6.07) is 3.85. The normalized spacial score (nSPS) is 11.3. The Labute approximate surface area is 100 Å². The van der Waals surface area contributed by atoms with Gasteiger partial charge in [0.25, 0.3) is 0 Å². The van der Waals surface area contributed by atoms with E-state index in [1.807, 2.05) is 0 Å². The fourth-order valence-electron chi connectivity index (χ4n) is 1.46. The number of hydrogen-bond acceptors (Lipinski definition) is 5. The van der Waals surface area contributed by atoms with Crippen LogP contribution in [-0.4, -0.2) is 31.9 Å². The highest BCUT2D eigenvalue weighted by Gasteiger charge is 2.08. The van der Waals surface area contributed by atoms with Crippen LogP contribution >= 0.6 is 0 Å². The molecule has 0 bridgehead atoms. The van der Waals surface area contributed by atoms with Gasteiger partial charge in [0.1, 0.15) is 22.9 Å². The first-order valence-corrected chi connectivity index (χ1v) is 5.22. The number of nitriles is 1. The number of pyridine rings is 1. The Morgan fingerprint density at radius 2 is 2.35 bits per heavy atom. The van der Waals surface area contributed by atoms with Gasteiger partial charge in [-0.2, -0.15) is 5.26 Å². The van der Waals surface area contributed by atoms with Crippen LogP contribution in [0.5, 0.6) is 0 Å². The lowest BCUT2D eigenvalue weighted by Crippen LogP contribution is -2.26. The van der Waals surface area contributed by atoms with Gasteiger partial charge in [-0.1, -0.05) is 0 Å². The van der Waals surface area contributed by atoms with E-state index in [4.69, 9.17) is 15.7 Å². The van der Waals surface area contributed by atoms with Crippen molar-refractivity contribution in [2.45, 2.75) is 0 Å². The summed E-state index contributed by atoms with van der Waals surface area (Å²) in [6.07, 6.45) is 0. The van der Waals surface area contributed by atoms with Crippen LogP contribution in [-0.2, 0) is 11.8 Å². The SMILES string of the molecule is CNc1cc(N)n(C)c(=NCCOC)c1C#N. The number of aromatic nitrogens is 1. The summed E-state index contributed by atoms with van der Waals surface area (Å²) in [4.78, 5) is 4.33. The number of methoxy groups -OCH3 is 1. The van der Waals surface area contributed by atoms with Crippen LogP contribution in [0.2, 0.25) is 0 Å². The van der Waals surface area contributed by atoms with Gasteiger partial charge in [0.2, 0.25) is 0 Å². The molecule has 0 saturated heterocycles. The summed E-state index contributed by atoms with van der Waals surface area (Å²) in [7, 11) is 5.13. The van der Waals surface area contributed by atoms with Gasteiger partial charge < -0.3 is 20.4 Å². The molecule has 92 valence electrons. The summed E-state index contributed by atoms with van der Waals surface area (Å²) in [5, 5.41) is 12.1. The Morgan fingerprint density at radius 3 is 2.88 bits per heavy atom. The molecule has 1 aromatic heterocycles. The lowest BCUT2D eigenvalue weighted by Gasteiger charge is -2.11. The molecule has 0 fully saturated rings. The average Bonchev–Trinajstić information content (AvgIpc) is 2.34. The summed E-state index contributed by atoms with van der Waals surface area (Å²) in [6.45, 7) is 1.00. The van der Waals surface area contributed by atoms with Gasteiger partial charge in [-0.3, -0.25) is 4.99 Å². The van der Waals surface area contributed by atoms with Crippen LogP contribution in [0.1, 0.15) is 5.56 Å². The lowest BCUT2D eigenvalue weighted by atomic mass is 10.2. The van der Waals surface area contributed by atoms with Gasteiger partial charge in [-0.05, 0) is 0 Å². The number of nitrogens with zero attached hydrogens (tertiary/aromatic N) is 3. The molecule has 6 heteroatoms. The monoisotopic (exact) mass is 235 g/mol. The van der Waals surface area contributed by atoms with Crippen molar-refractivity contribution in [1.29, 1.82) is 5.26 Å². The van der Waals surface area contributed by atoms with E-state index in [-0.39, 0.29) is 0 Å². The highest BCUT2D eigenvalue weighted by Crippen LogP contribution is 2.13. The zero-order chi connectivity index (χ0) is 12.8. The number of hydrogen-bond donors (Lipinski definition) is 2. The van der Waals surface area contributed by atoms with Crippen LogP contribution in [0.25, 0.3) is 0 Å². The van der Waals surface area contributed by atoms with Crippen molar-refractivity contribution in [2.24, 2.45) is 12.0 Å².